The number of anilines is 1. The highest BCUT2D eigenvalue weighted by Crippen LogP contribution is 2.31. The molecular weight excluding hydrogens is 374 g/mol. The van der Waals surface area contributed by atoms with Crippen LogP contribution in [0.25, 0.3) is 0 Å². The minimum Gasteiger partial charge on any atom is -0.308 e. The minimum atomic E-state index is -3.65. The number of pyridine rings is 1. The van der Waals surface area contributed by atoms with E-state index in [-0.39, 0.29) is 17.3 Å². The number of aromatic nitrogens is 1. The molecule has 0 unspecified atom stereocenters. The molecule has 6 nitrogen and oxygen atoms in total. The monoisotopic (exact) mass is 393 g/mol. The Balaban J connectivity index is 1.54. The van der Waals surface area contributed by atoms with Gasteiger partial charge < -0.3 is 4.90 Å². The number of benzene rings is 2. The first-order chi connectivity index (χ1) is 13.5. The summed E-state index contributed by atoms with van der Waals surface area (Å²) in [6.07, 6.45) is 3.89. The standard InChI is InChI=1S/C21H19N3O3S/c25-21(17-6-2-1-3-7-17)24-12-10-18-13-19(8-9-20(18)24)28(26,27)23-15-16-5-4-11-22-14-16/h1-9,11,13-14,23H,10,12,15H2. The second kappa shape index (κ2) is 7.53. The zero-order valence-electron chi connectivity index (χ0n) is 15.1. The highest BCUT2D eigenvalue weighted by Gasteiger charge is 2.27. The number of nitrogens with zero attached hydrogens (tertiary/aromatic N) is 2. The topological polar surface area (TPSA) is 79.4 Å². The molecule has 0 spiro atoms. The van der Waals surface area contributed by atoms with E-state index in [9.17, 15) is 13.2 Å². The molecule has 2 aromatic carbocycles. The van der Waals surface area contributed by atoms with Crippen LogP contribution in [0.5, 0.6) is 0 Å². The van der Waals surface area contributed by atoms with Crippen molar-refractivity contribution in [3.8, 4) is 0 Å². The van der Waals surface area contributed by atoms with E-state index in [1.54, 1.807) is 53.7 Å². The van der Waals surface area contributed by atoms with Crippen molar-refractivity contribution < 1.29 is 13.2 Å². The van der Waals surface area contributed by atoms with Crippen LogP contribution in [0.4, 0.5) is 5.69 Å². The third-order valence-electron chi connectivity index (χ3n) is 4.71. The van der Waals surface area contributed by atoms with Crippen LogP contribution < -0.4 is 9.62 Å². The van der Waals surface area contributed by atoms with Crippen LogP contribution >= 0.6 is 0 Å². The Morgan fingerprint density at radius 1 is 1.07 bits per heavy atom. The van der Waals surface area contributed by atoms with Crippen molar-refractivity contribution in [1.29, 1.82) is 0 Å². The fourth-order valence-corrected chi connectivity index (χ4v) is 4.33. The molecule has 2 heterocycles. The highest BCUT2D eigenvalue weighted by molar-refractivity contribution is 7.89. The maximum atomic E-state index is 12.7. The van der Waals surface area contributed by atoms with Crippen LogP contribution in [0.2, 0.25) is 0 Å². The van der Waals surface area contributed by atoms with Gasteiger partial charge in [-0.25, -0.2) is 13.1 Å². The summed E-state index contributed by atoms with van der Waals surface area (Å²) in [6.45, 7) is 0.710. The first-order valence-electron chi connectivity index (χ1n) is 8.93. The third kappa shape index (κ3) is 3.67. The number of hydrogen-bond donors (Lipinski definition) is 1. The molecule has 1 aliphatic heterocycles. The maximum Gasteiger partial charge on any atom is 0.258 e. The van der Waals surface area contributed by atoms with Gasteiger partial charge in [0.2, 0.25) is 10.0 Å². The van der Waals surface area contributed by atoms with Crippen molar-refractivity contribution in [2.45, 2.75) is 17.9 Å². The summed E-state index contributed by atoms with van der Waals surface area (Å²) >= 11 is 0. The fourth-order valence-electron chi connectivity index (χ4n) is 3.26. The van der Waals surface area contributed by atoms with E-state index >= 15 is 0 Å². The van der Waals surface area contributed by atoms with Gasteiger partial charge in [0.15, 0.2) is 0 Å². The first kappa shape index (κ1) is 18.3. The van der Waals surface area contributed by atoms with Crippen LogP contribution in [0.3, 0.4) is 0 Å². The minimum absolute atomic E-state index is 0.0790. The molecule has 142 valence electrons. The summed E-state index contributed by atoms with van der Waals surface area (Å²) in [6, 6.07) is 17.6. The van der Waals surface area contributed by atoms with Crippen molar-refractivity contribution >= 4 is 21.6 Å². The fraction of sp³-hybridized carbons (Fsp3) is 0.143. The highest BCUT2D eigenvalue weighted by atomic mass is 32.2. The number of nitrogens with one attached hydrogen (secondary N) is 1. The van der Waals surface area contributed by atoms with E-state index in [0.29, 0.717) is 18.5 Å². The smallest absolute Gasteiger partial charge is 0.258 e. The van der Waals surface area contributed by atoms with E-state index in [0.717, 1.165) is 16.8 Å². The van der Waals surface area contributed by atoms with Crippen LogP contribution in [0.15, 0.2) is 78.0 Å². The molecule has 1 aliphatic rings. The number of rotatable bonds is 5. The zero-order chi connectivity index (χ0) is 19.6. The molecule has 4 rings (SSSR count). The van der Waals surface area contributed by atoms with Gasteiger partial charge in [-0.1, -0.05) is 24.3 Å². The van der Waals surface area contributed by atoms with E-state index < -0.39 is 10.0 Å². The van der Waals surface area contributed by atoms with Crippen molar-refractivity contribution in [3.05, 3.63) is 89.7 Å². The number of fused-ring (bicyclic) bond motifs is 1. The molecule has 1 aromatic heterocycles. The average molecular weight is 393 g/mol. The van der Waals surface area contributed by atoms with Gasteiger partial charge in [-0.2, -0.15) is 0 Å². The Morgan fingerprint density at radius 2 is 1.89 bits per heavy atom. The van der Waals surface area contributed by atoms with Gasteiger partial charge in [0.05, 0.1) is 4.90 Å². The van der Waals surface area contributed by atoms with E-state index in [4.69, 9.17) is 0 Å². The Labute approximate surface area is 163 Å². The quantitative estimate of drug-likeness (QED) is 0.723. The Bertz CT molecular complexity index is 1100. The van der Waals surface area contributed by atoms with Gasteiger partial charge in [0.25, 0.3) is 5.91 Å². The van der Waals surface area contributed by atoms with Gasteiger partial charge in [0.1, 0.15) is 0 Å². The van der Waals surface area contributed by atoms with Gasteiger partial charge in [-0.3, -0.25) is 9.78 Å². The number of carbonyl (C=O) groups is 1. The molecule has 0 bridgehead atoms. The second-order valence-electron chi connectivity index (χ2n) is 6.55. The lowest BCUT2D eigenvalue weighted by Crippen LogP contribution is -2.28. The lowest BCUT2D eigenvalue weighted by Gasteiger charge is -2.17. The predicted octanol–water partition coefficient (Wildman–Crippen LogP) is 2.76. The summed E-state index contributed by atoms with van der Waals surface area (Å²) in [7, 11) is -3.65. The molecule has 7 heteroatoms. The summed E-state index contributed by atoms with van der Waals surface area (Å²) in [5.41, 5.74) is 3.02. The molecular formula is C21H19N3O3S. The number of hydrogen-bond acceptors (Lipinski definition) is 4. The molecule has 28 heavy (non-hydrogen) atoms. The molecule has 3 aromatic rings. The number of carbonyl (C=O) groups excluding carboxylic acids is 1. The molecule has 0 aliphatic carbocycles. The third-order valence-corrected chi connectivity index (χ3v) is 6.11. The second-order valence-corrected chi connectivity index (χ2v) is 8.32. The molecule has 0 radical (unpaired) electrons. The predicted molar refractivity (Wildman–Crippen MR) is 107 cm³/mol. The van der Waals surface area contributed by atoms with Gasteiger partial charge in [-0.05, 0) is 53.9 Å². The molecule has 0 saturated carbocycles. The van der Waals surface area contributed by atoms with Gasteiger partial charge >= 0.3 is 0 Å². The average Bonchev–Trinajstić information content (AvgIpc) is 3.16. The van der Waals surface area contributed by atoms with Gasteiger partial charge in [0, 0.05) is 36.7 Å². The number of amides is 1. The van der Waals surface area contributed by atoms with Crippen molar-refractivity contribution in [3.63, 3.8) is 0 Å². The van der Waals surface area contributed by atoms with E-state index in [2.05, 4.69) is 9.71 Å². The Kier molecular flexibility index (Phi) is 4.93. The molecule has 0 fully saturated rings. The van der Waals surface area contributed by atoms with Crippen molar-refractivity contribution in [2.24, 2.45) is 0 Å². The Morgan fingerprint density at radius 3 is 2.64 bits per heavy atom. The van der Waals surface area contributed by atoms with Crippen LogP contribution in [0.1, 0.15) is 21.5 Å². The van der Waals surface area contributed by atoms with Gasteiger partial charge in [-0.15, -0.1) is 0 Å². The largest absolute Gasteiger partial charge is 0.308 e. The SMILES string of the molecule is O=C(c1ccccc1)N1CCc2cc(S(=O)(=O)NCc3cccnc3)ccc21. The van der Waals surface area contributed by atoms with Crippen LogP contribution in [-0.2, 0) is 23.0 Å². The molecule has 0 saturated heterocycles. The van der Waals surface area contributed by atoms with Crippen molar-refractivity contribution in [2.75, 3.05) is 11.4 Å². The Hall–Kier alpha value is -3.03. The normalized spacial score (nSPS) is 13.4. The maximum absolute atomic E-state index is 12.7. The lowest BCUT2D eigenvalue weighted by atomic mass is 10.1. The lowest BCUT2D eigenvalue weighted by molar-refractivity contribution is 0.0989. The van der Waals surface area contributed by atoms with E-state index in [1.807, 2.05) is 24.3 Å². The molecule has 1 N–H and O–H groups in total. The summed E-state index contributed by atoms with van der Waals surface area (Å²) in [4.78, 5) is 18.6. The summed E-state index contributed by atoms with van der Waals surface area (Å²) in [5.74, 6) is -0.0790. The van der Waals surface area contributed by atoms with Crippen LogP contribution in [0, 0.1) is 0 Å². The molecule has 1 amide bonds. The molecule has 0 atom stereocenters. The van der Waals surface area contributed by atoms with Crippen LogP contribution in [-0.4, -0.2) is 25.9 Å². The zero-order valence-corrected chi connectivity index (χ0v) is 15.9. The number of sulfonamides is 1. The summed E-state index contributed by atoms with van der Waals surface area (Å²) < 4.78 is 27.9. The van der Waals surface area contributed by atoms with E-state index in [1.165, 1.54) is 0 Å². The first-order valence-corrected chi connectivity index (χ1v) is 10.4. The van der Waals surface area contributed by atoms with Crippen molar-refractivity contribution in [1.82, 2.24) is 9.71 Å². The summed E-state index contributed by atoms with van der Waals surface area (Å²) in [5, 5.41) is 0.